The van der Waals surface area contributed by atoms with E-state index >= 15 is 0 Å². The number of benzene rings is 1. The molecule has 20 heavy (non-hydrogen) atoms. The van der Waals surface area contributed by atoms with Gasteiger partial charge in [0.2, 0.25) is 0 Å². The van der Waals surface area contributed by atoms with Crippen LogP contribution in [0.4, 0.5) is 0 Å². The van der Waals surface area contributed by atoms with Crippen molar-refractivity contribution in [3.8, 4) is 6.07 Å². The second-order valence-corrected chi connectivity index (χ2v) is 3.72. The molecule has 0 aromatic heterocycles. The van der Waals surface area contributed by atoms with Crippen LogP contribution >= 0.6 is 0 Å². The van der Waals surface area contributed by atoms with Gasteiger partial charge < -0.3 is 15.3 Å². The summed E-state index contributed by atoms with van der Waals surface area (Å²) < 4.78 is 4.94. The normalized spacial score (nSPS) is 10.7. The minimum absolute atomic E-state index is 0. The van der Waals surface area contributed by atoms with Crippen LogP contribution in [0.1, 0.15) is 32.3 Å². The highest BCUT2D eigenvalue weighted by molar-refractivity contribution is 5.62. The molecule has 2 rings (SSSR count). The van der Waals surface area contributed by atoms with Gasteiger partial charge in [-0.3, -0.25) is 4.79 Å². The predicted octanol–water partition coefficient (Wildman–Crippen LogP) is 2.59. The van der Waals surface area contributed by atoms with Crippen molar-refractivity contribution >= 4 is 5.97 Å². The molecule has 0 radical (unpaired) electrons. The fourth-order valence-corrected chi connectivity index (χ4v) is 1.04. The van der Waals surface area contributed by atoms with Crippen LogP contribution < -0.4 is 0 Å². The van der Waals surface area contributed by atoms with Crippen molar-refractivity contribution in [2.75, 3.05) is 13.2 Å². The summed E-state index contributed by atoms with van der Waals surface area (Å²) in [7, 11) is 0. The van der Waals surface area contributed by atoms with Gasteiger partial charge in [-0.15, -0.1) is 0 Å². The van der Waals surface area contributed by atoms with E-state index in [1.165, 1.54) is 25.3 Å². The number of rotatable bonds is 0. The largest absolute Gasteiger partial charge is 0.481 e. The molecule has 0 aliphatic carbocycles. The lowest BCUT2D eigenvalue weighted by molar-refractivity contribution is -0.134. The van der Waals surface area contributed by atoms with Crippen LogP contribution in [-0.4, -0.2) is 29.8 Å². The number of aryl methyl sites for hydroxylation is 1. The first-order valence-corrected chi connectivity index (χ1v) is 6.14. The summed E-state index contributed by atoms with van der Waals surface area (Å²) in [6.45, 7) is 6.60. The molecule has 0 atom stereocenters. The summed E-state index contributed by atoms with van der Waals surface area (Å²) in [5, 5.41) is 14.7. The quantitative estimate of drug-likeness (QED) is 0.790. The molecular weight excluding hydrogens is 258 g/mol. The number of nitriles is 1. The minimum Gasteiger partial charge on any atom is -0.481 e. The van der Waals surface area contributed by atoms with Crippen LogP contribution in [0.25, 0.3) is 0 Å². The molecule has 0 spiro atoms. The molecule has 1 saturated heterocycles. The zero-order chi connectivity index (χ0) is 14.9. The first-order chi connectivity index (χ1) is 9.04. The van der Waals surface area contributed by atoms with Gasteiger partial charge in [-0.05, 0) is 19.8 Å². The van der Waals surface area contributed by atoms with Crippen molar-refractivity contribution < 1.29 is 20.1 Å². The van der Waals surface area contributed by atoms with Gasteiger partial charge in [0.15, 0.2) is 0 Å². The SMILES string of the molecule is C1CCOC1.CC#N.CC(=O)O.Cc1ccccc1.O. The van der Waals surface area contributed by atoms with Gasteiger partial charge in [0, 0.05) is 27.1 Å². The maximum absolute atomic E-state index is 9.00. The number of carbonyl (C=O) groups is 1. The van der Waals surface area contributed by atoms with E-state index in [0.29, 0.717) is 0 Å². The average Bonchev–Trinajstić information content (AvgIpc) is 2.88. The summed E-state index contributed by atoms with van der Waals surface area (Å²) >= 11 is 0. The van der Waals surface area contributed by atoms with Crippen LogP contribution in [0, 0.1) is 18.3 Å². The lowest BCUT2D eigenvalue weighted by atomic mass is 10.2. The fourth-order valence-electron chi connectivity index (χ4n) is 1.04. The first-order valence-electron chi connectivity index (χ1n) is 6.14. The molecule has 5 heteroatoms. The predicted molar refractivity (Wildman–Crippen MR) is 79.4 cm³/mol. The number of hydrogen-bond donors (Lipinski definition) is 1. The summed E-state index contributed by atoms with van der Waals surface area (Å²) in [6.07, 6.45) is 2.56. The zero-order valence-electron chi connectivity index (χ0n) is 12.4. The Morgan fingerprint density at radius 2 is 1.60 bits per heavy atom. The van der Waals surface area contributed by atoms with E-state index in [1.54, 1.807) is 6.07 Å². The lowest BCUT2D eigenvalue weighted by Crippen LogP contribution is -1.78. The van der Waals surface area contributed by atoms with Crippen molar-refractivity contribution in [3.63, 3.8) is 0 Å². The van der Waals surface area contributed by atoms with Gasteiger partial charge in [0.25, 0.3) is 5.97 Å². The topological polar surface area (TPSA) is 102 Å². The molecule has 0 saturated carbocycles. The summed E-state index contributed by atoms with van der Waals surface area (Å²) in [5.74, 6) is -0.833. The number of nitrogens with zero attached hydrogens (tertiary/aromatic N) is 1. The van der Waals surface area contributed by atoms with Gasteiger partial charge in [-0.25, -0.2) is 0 Å². The Labute approximate surface area is 121 Å². The molecule has 1 fully saturated rings. The third kappa shape index (κ3) is 29.8. The number of carboxylic acids is 1. The Kier molecular flexibility index (Phi) is 22.6. The highest BCUT2D eigenvalue weighted by atomic mass is 16.5. The maximum Gasteiger partial charge on any atom is 0.300 e. The molecule has 1 aromatic rings. The van der Waals surface area contributed by atoms with Crippen molar-refractivity contribution in [2.24, 2.45) is 0 Å². The maximum atomic E-state index is 9.00. The van der Waals surface area contributed by atoms with Crippen molar-refractivity contribution in [1.82, 2.24) is 0 Å². The van der Waals surface area contributed by atoms with Crippen LogP contribution in [0.15, 0.2) is 30.3 Å². The summed E-state index contributed by atoms with van der Waals surface area (Å²) in [6, 6.07) is 12.0. The fraction of sp³-hybridized carbons (Fsp3) is 0.467. The van der Waals surface area contributed by atoms with Crippen molar-refractivity contribution in [3.05, 3.63) is 35.9 Å². The van der Waals surface area contributed by atoms with Gasteiger partial charge in [-0.1, -0.05) is 35.9 Å². The molecule has 114 valence electrons. The Bertz CT molecular complexity index is 331. The van der Waals surface area contributed by atoms with E-state index in [2.05, 4.69) is 19.1 Å². The molecular formula is C15H25NO4. The second kappa shape index (κ2) is 19.4. The van der Waals surface area contributed by atoms with E-state index in [9.17, 15) is 0 Å². The van der Waals surface area contributed by atoms with Crippen LogP contribution in [-0.2, 0) is 9.53 Å². The molecule has 3 N–H and O–H groups in total. The van der Waals surface area contributed by atoms with Crippen LogP contribution in [0.2, 0.25) is 0 Å². The standard InChI is InChI=1S/C7H8.C4H8O.C2H3N.C2H4O2.H2O/c1-7-5-3-2-4-6-7;1-2-4-5-3-1;1-2-3;1-2(3)4;/h2-6H,1H3;1-4H2;1H3;1H3,(H,3,4);1H2. The number of carboxylic acid groups (broad SMARTS) is 1. The van der Waals surface area contributed by atoms with Gasteiger partial charge >= 0.3 is 0 Å². The highest BCUT2D eigenvalue weighted by Gasteiger charge is 1.94. The van der Waals surface area contributed by atoms with Crippen LogP contribution in [0.3, 0.4) is 0 Å². The zero-order valence-corrected chi connectivity index (χ0v) is 12.4. The summed E-state index contributed by atoms with van der Waals surface area (Å²) in [5.41, 5.74) is 1.32. The highest BCUT2D eigenvalue weighted by Crippen LogP contribution is 1.98. The molecule has 0 unspecified atom stereocenters. The van der Waals surface area contributed by atoms with Gasteiger partial charge in [0.1, 0.15) is 0 Å². The first kappa shape index (κ1) is 23.2. The third-order valence-corrected chi connectivity index (χ3v) is 1.77. The smallest absolute Gasteiger partial charge is 0.300 e. The molecule has 1 aliphatic heterocycles. The molecule has 1 heterocycles. The number of aliphatic carboxylic acids is 1. The second-order valence-electron chi connectivity index (χ2n) is 3.72. The molecule has 0 bridgehead atoms. The molecule has 1 aliphatic rings. The van der Waals surface area contributed by atoms with E-state index in [1.807, 2.05) is 18.2 Å². The van der Waals surface area contributed by atoms with Crippen molar-refractivity contribution in [2.45, 2.75) is 33.6 Å². The number of hydrogen-bond acceptors (Lipinski definition) is 3. The Morgan fingerprint density at radius 1 is 1.25 bits per heavy atom. The third-order valence-electron chi connectivity index (χ3n) is 1.77. The van der Waals surface area contributed by atoms with E-state index in [0.717, 1.165) is 20.1 Å². The number of ether oxygens (including phenoxy) is 1. The van der Waals surface area contributed by atoms with Crippen molar-refractivity contribution in [1.29, 1.82) is 5.26 Å². The van der Waals surface area contributed by atoms with E-state index in [-0.39, 0.29) is 5.48 Å². The van der Waals surface area contributed by atoms with E-state index in [4.69, 9.17) is 19.9 Å². The van der Waals surface area contributed by atoms with E-state index < -0.39 is 5.97 Å². The Hall–Kier alpha value is -1.90. The van der Waals surface area contributed by atoms with Gasteiger partial charge in [0.05, 0.1) is 6.07 Å². The molecule has 0 amide bonds. The monoisotopic (exact) mass is 283 g/mol. The summed E-state index contributed by atoms with van der Waals surface area (Å²) in [4.78, 5) is 9.00. The Balaban J connectivity index is -0.000000200. The molecule has 5 nitrogen and oxygen atoms in total. The molecule has 1 aromatic carbocycles. The van der Waals surface area contributed by atoms with Gasteiger partial charge in [-0.2, -0.15) is 5.26 Å². The Morgan fingerprint density at radius 3 is 1.75 bits per heavy atom. The lowest BCUT2D eigenvalue weighted by Gasteiger charge is -1.82. The minimum atomic E-state index is -0.833. The average molecular weight is 283 g/mol. The van der Waals surface area contributed by atoms with Crippen LogP contribution in [0.5, 0.6) is 0 Å².